The molecule has 43 heavy (non-hydrogen) atoms. The molecule has 1 saturated heterocycles. The van der Waals surface area contributed by atoms with Crippen LogP contribution in [0.1, 0.15) is 44.1 Å². The number of carbonyl (C=O) groups excluding carboxylic acids is 1. The van der Waals surface area contributed by atoms with Gasteiger partial charge in [-0.25, -0.2) is 13.2 Å². The first kappa shape index (κ1) is 32.6. The maximum atomic E-state index is 13.5. The van der Waals surface area contributed by atoms with Crippen molar-refractivity contribution < 1.29 is 23.1 Å². The van der Waals surface area contributed by atoms with Gasteiger partial charge in [-0.2, -0.15) is 0 Å². The smallest absolute Gasteiger partial charge is 0.322 e. The van der Waals surface area contributed by atoms with E-state index in [1.54, 1.807) is 24.3 Å². The minimum Gasteiger partial charge on any atom is -0.457 e. The summed E-state index contributed by atoms with van der Waals surface area (Å²) in [4.78, 5) is 17.9. The van der Waals surface area contributed by atoms with E-state index < -0.39 is 10.0 Å². The highest BCUT2D eigenvalue weighted by Crippen LogP contribution is 2.27. The molecule has 11 heteroatoms. The van der Waals surface area contributed by atoms with Crippen LogP contribution in [0.5, 0.6) is 11.5 Å². The Morgan fingerprint density at radius 1 is 0.884 bits per heavy atom. The fraction of sp³-hybridized carbons (Fsp3) is 0.406. The Hall–Kier alpha value is -3.31. The van der Waals surface area contributed by atoms with Crippen LogP contribution in [0.25, 0.3) is 0 Å². The third-order valence-corrected chi connectivity index (χ3v) is 8.53. The van der Waals surface area contributed by atoms with Crippen molar-refractivity contribution in [3.8, 4) is 11.5 Å². The molecule has 0 bridgehead atoms. The lowest BCUT2D eigenvalue weighted by Crippen LogP contribution is -2.53. The standard InChI is InChI=1S/C32H40N4O5S.ClH/c1-42(39,40)34-26-11-17-31(18-12-26)41-30-15-7-24(8-16-30)23-35-21-19-28(20-22-35)36(27-5-3-2-4-6-27)32(38)33-25-9-13-29(37)14-10-25;/h2-8,11-12,15-18,25,28-29,34,37H,9-10,13-14,19-23H2,1H3,(H,33,38);1H/t25-,29-;. The number of aliphatic hydroxyl groups is 1. The number of nitrogens with zero attached hydrogens (tertiary/aromatic N) is 2. The number of piperidine rings is 1. The van der Waals surface area contributed by atoms with Crippen molar-refractivity contribution in [2.24, 2.45) is 0 Å². The normalized spacial score (nSPS) is 19.6. The van der Waals surface area contributed by atoms with E-state index in [2.05, 4.69) is 27.1 Å². The second kappa shape index (κ2) is 14.9. The molecule has 0 unspecified atom stereocenters. The number of anilines is 2. The van der Waals surface area contributed by atoms with Crippen LogP contribution in [0, 0.1) is 0 Å². The number of urea groups is 1. The van der Waals surface area contributed by atoms with Crippen molar-refractivity contribution in [1.29, 1.82) is 0 Å². The van der Waals surface area contributed by atoms with Crippen LogP contribution in [-0.4, -0.2) is 62.0 Å². The molecule has 0 radical (unpaired) electrons. The lowest BCUT2D eigenvalue weighted by molar-refractivity contribution is 0.117. The van der Waals surface area contributed by atoms with E-state index in [-0.39, 0.29) is 36.6 Å². The molecule has 9 nitrogen and oxygen atoms in total. The lowest BCUT2D eigenvalue weighted by Gasteiger charge is -2.39. The van der Waals surface area contributed by atoms with Crippen molar-refractivity contribution in [3.05, 3.63) is 84.4 Å². The number of sulfonamides is 1. The van der Waals surface area contributed by atoms with Gasteiger partial charge in [-0.15, -0.1) is 12.4 Å². The highest BCUT2D eigenvalue weighted by Gasteiger charge is 2.31. The van der Waals surface area contributed by atoms with Gasteiger partial charge in [0.25, 0.3) is 0 Å². The third kappa shape index (κ3) is 9.59. The molecule has 2 fully saturated rings. The first-order chi connectivity index (χ1) is 20.2. The lowest BCUT2D eigenvalue weighted by atomic mass is 9.93. The van der Waals surface area contributed by atoms with Gasteiger partial charge in [-0.05, 0) is 92.6 Å². The number of nitrogens with one attached hydrogen (secondary N) is 2. The molecule has 2 aliphatic rings. The molecule has 3 aromatic rings. The minimum absolute atomic E-state index is 0. The molecular weight excluding hydrogens is 588 g/mol. The molecule has 5 rings (SSSR count). The van der Waals surface area contributed by atoms with E-state index in [9.17, 15) is 18.3 Å². The number of ether oxygens (including phenoxy) is 1. The van der Waals surface area contributed by atoms with Gasteiger partial charge in [-0.3, -0.25) is 14.5 Å². The zero-order chi connectivity index (χ0) is 29.5. The molecule has 1 aliphatic heterocycles. The number of hydrogen-bond donors (Lipinski definition) is 3. The predicted molar refractivity (Wildman–Crippen MR) is 173 cm³/mol. The highest BCUT2D eigenvalue weighted by atomic mass is 35.5. The number of para-hydroxylation sites is 1. The summed E-state index contributed by atoms with van der Waals surface area (Å²) < 4.78 is 31.1. The fourth-order valence-corrected chi connectivity index (χ4v) is 6.31. The maximum Gasteiger partial charge on any atom is 0.322 e. The number of halogens is 1. The molecule has 1 heterocycles. The van der Waals surface area contributed by atoms with Gasteiger partial charge < -0.3 is 15.2 Å². The van der Waals surface area contributed by atoms with E-state index >= 15 is 0 Å². The summed E-state index contributed by atoms with van der Waals surface area (Å²) >= 11 is 0. The van der Waals surface area contributed by atoms with E-state index in [0.29, 0.717) is 17.2 Å². The number of likely N-dealkylation sites (tertiary alicyclic amines) is 1. The first-order valence-electron chi connectivity index (χ1n) is 14.6. The van der Waals surface area contributed by atoms with Crippen molar-refractivity contribution in [2.45, 2.75) is 63.3 Å². The summed E-state index contributed by atoms with van der Waals surface area (Å²) in [6, 6.07) is 24.9. The molecule has 0 spiro atoms. The third-order valence-electron chi connectivity index (χ3n) is 7.92. The van der Waals surface area contributed by atoms with Crippen LogP contribution in [-0.2, 0) is 16.6 Å². The second-order valence-corrected chi connectivity index (χ2v) is 13.1. The minimum atomic E-state index is -3.32. The predicted octanol–water partition coefficient (Wildman–Crippen LogP) is 5.76. The van der Waals surface area contributed by atoms with E-state index in [4.69, 9.17) is 4.74 Å². The first-order valence-corrected chi connectivity index (χ1v) is 16.5. The molecule has 0 atom stereocenters. The van der Waals surface area contributed by atoms with E-state index in [0.717, 1.165) is 70.1 Å². The number of carbonyl (C=O) groups is 1. The fourth-order valence-electron chi connectivity index (χ4n) is 5.74. The number of hydrogen-bond acceptors (Lipinski definition) is 6. The molecule has 1 saturated carbocycles. The Morgan fingerprint density at radius 3 is 2.05 bits per heavy atom. The van der Waals surface area contributed by atoms with Gasteiger partial charge in [0.15, 0.2) is 0 Å². The molecular formula is C32H41ClN4O5S. The van der Waals surface area contributed by atoms with Gasteiger partial charge in [0.1, 0.15) is 11.5 Å². The Balaban J connectivity index is 0.00000423. The molecule has 1 aliphatic carbocycles. The molecule has 3 aromatic carbocycles. The van der Waals surface area contributed by atoms with Crippen LogP contribution in [0.2, 0.25) is 0 Å². The SMILES string of the molecule is CS(=O)(=O)Nc1ccc(Oc2ccc(CN3CCC(N(C(=O)N[C@H]4CC[C@H](O)CC4)c4ccccc4)CC3)cc2)cc1.Cl. The Labute approximate surface area is 260 Å². The van der Waals surface area contributed by atoms with E-state index in [1.165, 1.54) is 5.56 Å². The Kier molecular flexibility index (Phi) is 11.3. The van der Waals surface area contributed by atoms with Gasteiger partial charge in [0.2, 0.25) is 10.0 Å². The topological polar surface area (TPSA) is 111 Å². The monoisotopic (exact) mass is 628 g/mol. The number of amides is 2. The van der Waals surface area contributed by atoms with Crippen LogP contribution in [0.15, 0.2) is 78.9 Å². The van der Waals surface area contributed by atoms with Gasteiger partial charge in [0, 0.05) is 43.1 Å². The van der Waals surface area contributed by atoms with Crippen molar-refractivity contribution in [1.82, 2.24) is 10.2 Å². The molecule has 0 aromatic heterocycles. The summed E-state index contributed by atoms with van der Waals surface area (Å²) in [5.74, 6) is 1.33. The highest BCUT2D eigenvalue weighted by molar-refractivity contribution is 7.92. The van der Waals surface area contributed by atoms with Crippen molar-refractivity contribution >= 4 is 39.8 Å². The van der Waals surface area contributed by atoms with Crippen LogP contribution >= 0.6 is 12.4 Å². The van der Waals surface area contributed by atoms with Crippen LogP contribution < -0.4 is 19.7 Å². The Bertz CT molecular complexity index is 1410. The van der Waals surface area contributed by atoms with Crippen molar-refractivity contribution in [3.63, 3.8) is 0 Å². The van der Waals surface area contributed by atoms with Crippen LogP contribution in [0.3, 0.4) is 0 Å². The maximum absolute atomic E-state index is 13.5. The largest absolute Gasteiger partial charge is 0.457 e. The average Bonchev–Trinajstić information content (AvgIpc) is 2.97. The summed E-state index contributed by atoms with van der Waals surface area (Å²) in [5, 5.41) is 13.1. The number of benzene rings is 3. The molecule has 3 N–H and O–H groups in total. The number of rotatable bonds is 9. The Morgan fingerprint density at radius 2 is 1.47 bits per heavy atom. The number of aliphatic hydroxyl groups excluding tert-OH is 1. The van der Waals surface area contributed by atoms with Crippen molar-refractivity contribution in [2.75, 3.05) is 29.0 Å². The second-order valence-electron chi connectivity index (χ2n) is 11.3. The summed E-state index contributed by atoms with van der Waals surface area (Å²) in [6.07, 6.45) is 5.74. The van der Waals surface area contributed by atoms with Gasteiger partial charge in [-0.1, -0.05) is 30.3 Å². The molecule has 232 valence electrons. The molecule has 2 amide bonds. The zero-order valence-electron chi connectivity index (χ0n) is 24.4. The van der Waals surface area contributed by atoms with Gasteiger partial charge in [0.05, 0.1) is 12.4 Å². The quantitative estimate of drug-likeness (QED) is 0.278. The summed E-state index contributed by atoms with van der Waals surface area (Å²) in [7, 11) is -3.32. The zero-order valence-corrected chi connectivity index (χ0v) is 26.0. The van der Waals surface area contributed by atoms with Gasteiger partial charge >= 0.3 is 6.03 Å². The average molecular weight is 629 g/mol. The van der Waals surface area contributed by atoms with E-state index in [1.807, 2.05) is 47.4 Å². The van der Waals surface area contributed by atoms with Crippen LogP contribution in [0.4, 0.5) is 16.2 Å². The summed E-state index contributed by atoms with van der Waals surface area (Å²) in [6.45, 7) is 2.60. The summed E-state index contributed by atoms with van der Waals surface area (Å²) in [5.41, 5.74) is 2.59.